The van der Waals surface area contributed by atoms with E-state index in [2.05, 4.69) is 0 Å². The van der Waals surface area contributed by atoms with Gasteiger partial charge in [0.05, 0.1) is 18.1 Å². The Kier molecular flexibility index (Phi) is 8.67. The molecule has 5 nitrogen and oxygen atoms in total. The summed E-state index contributed by atoms with van der Waals surface area (Å²) in [5, 5.41) is 10.7. The summed E-state index contributed by atoms with van der Waals surface area (Å²) in [6, 6.07) is 21.4. The molecule has 0 radical (unpaired) electrons. The first-order valence-electron chi connectivity index (χ1n) is 10.8. The number of ether oxygens (including phenoxy) is 1. The van der Waals surface area contributed by atoms with E-state index in [1.54, 1.807) is 24.3 Å². The second-order valence-electron chi connectivity index (χ2n) is 8.00. The molecule has 34 heavy (non-hydrogen) atoms. The topological polar surface area (TPSA) is 75.8 Å². The first-order valence-corrected chi connectivity index (χ1v) is 10.8. The van der Waals surface area contributed by atoms with Crippen LogP contribution in [0.2, 0.25) is 0 Å². The molecule has 1 amide bonds. The van der Waals surface area contributed by atoms with Crippen molar-refractivity contribution < 1.29 is 27.8 Å². The molecule has 1 unspecified atom stereocenters. The number of hydrogen-bond acceptors (Lipinski definition) is 4. The number of rotatable bonds is 11. The van der Waals surface area contributed by atoms with Crippen molar-refractivity contribution in [2.24, 2.45) is 5.73 Å². The number of hydrogen-bond donors (Lipinski definition) is 2. The van der Waals surface area contributed by atoms with Gasteiger partial charge in [-0.05, 0) is 41.0 Å². The molecule has 3 aromatic carbocycles. The number of alkyl halides is 3. The van der Waals surface area contributed by atoms with Crippen LogP contribution >= 0.6 is 0 Å². The van der Waals surface area contributed by atoms with Crippen LogP contribution in [0, 0.1) is 0 Å². The Balaban J connectivity index is 1.64. The Labute approximate surface area is 196 Å². The number of primary amides is 1. The van der Waals surface area contributed by atoms with Crippen molar-refractivity contribution in [2.75, 3.05) is 19.7 Å². The number of aliphatic hydroxyl groups excluding tert-OH is 1. The van der Waals surface area contributed by atoms with Gasteiger partial charge in [-0.15, -0.1) is 0 Å². The summed E-state index contributed by atoms with van der Waals surface area (Å²) < 4.78 is 45.0. The minimum Gasteiger partial charge on any atom is -0.492 e. The highest BCUT2D eigenvalue weighted by Gasteiger charge is 2.31. The maximum atomic E-state index is 13.1. The molecule has 180 valence electrons. The van der Waals surface area contributed by atoms with Crippen molar-refractivity contribution in [3.63, 3.8) is 0 Å². The zero-order chi connectivity index (χ0) is 24.6. The summed E-state index contributed by atoms with van der Waals surface area (Å²) in [5.41, 5.74) is 6.41. The molecule has 0 saturated heterocycles. The average Bonchev–Trinajstić information content (AvgIpc) is 2.80. The van der Waals surface area contributed by atoms with Gasteiger partial charge in [0.25, 0.3) is 0 Å². The zero-order valence-corrected chi connectivity index (χ0v) is 18.5. The zero-order valence-electron chi connectivity index (χ0n) is 18.5. The number of benzene rings is 3. The van der Waals surface area contributed by atoms with Gasteiger partial charge in [-0.25, -0.2) is 0 Å². The molecule has 0 aliphatic rings. The summed E-state index contributed by atoms with van der Waals surface area (Å²) in [6.07, 6.45) is -5.42. The van der Waals surface area contributed by atoms with Crippen molar-refractivity contribution in [3.05, 3.63) is 101 Å². The minimum absolute atomic E-state index is 0.136. The van der Waals surface area contributed by atoms with Crippen molar-refractivity contribution in [1.29, 1.82) is 0 Å². The van der Waals surface area contributed by atoms with Gasteiger partial charge >= 0.3 is 6.18 Å². The summed E-state index contributed by atoms with van der Waals surface area (Å²) in [7, 11) is 0. The third-order valence-corrected chi connectivity index (χ3v) is 5.26. The predicted octanol–water partition coefficient (Wildman–Crippen LogP) is 4.35. The fourth-order valence-electron chi connectivity index (χ4n) is 3.55. The highest BCUT2D eigenvalue weighted by molar-refractivity contribution is 5.76. The van der Waals surface area contributed by atoms with E-state index in [9.17, 15) is 23.1 Å². The van der Waals surface area contributed by atoms with Crippen LogP contribution in [0.3, 0.4) is 0 Å². The van der Waals surface area contributed by atoms with E-state index >= 15 is 0 Å². The van der Waals surface area contributed by atoms with Crippen LogP contribution in [0.5, 0.6) is 5.75 Å². The fraction of sp³-hybridized carbons (Fsp3) is 0.269. The van der Waals surface area contributed by atoms with Gasteiger partial charge in [0.1, 0.15) is 12.4 Å². The van der Waals surface area contributed by atoms with Gasteiger partial charge in [-0.2, -0.15) is 13.2 Å². The van der Waals surface area contributed by atoms with Crippen molar-refractivity contribution in [2.45, 2.75) is 25.2 Å². The predicted molar refractivity (Wildman–Crippen MR) is 123 cm³/mol. The molecule has 0 aliphatic heterocycles. The van der Waals surface area contributed by atoms with E-state index < -0.39 is 23.8 Å². The summed E-state index contributed by atoms with van der Waals surface area (Å²) in [4.78, 5) is 13.0. The van der Waals surface area contributed by atoms with Gasteiger partial charge in [0, 0.05) is 19.6 Å². The Morgan fingerprint density at radius 3 is 2.32 bits per heavy atom. The largest absolute Gasteiger partial charge is 0.492 e. The standard InChI is InChI=1S/C26H27F3N2O3/c27-26(28,29)22-8-4-7-21(16-22)24(32)18-31(17-20-5-2-1-3-6-20)13-14-34-23-11-9-19(10-12-23)15-25(30)33/h1-12,16,24,32H,13-15,17-18H2,(H2,30,33). The van der Waals surface area contributed by atoms with E-state index in [0.29, 0.717) is 25.4 Å². The lowest BCUT2D eigenvalue weighted by Gasteiger charge is -2.26. The van der Waals surface area contributed by atoms with Crippen LogP contribution in [-0.2, 0) is 23.9 Å². The van der Waals surface area contributed by atoms with Crippen LogP contribution in [0.4, 0.5) is 13.2 Å². The number of nitrogens with two attached hydrogens (primary N) is 1. The SMILES string of the molecule is NC(=O)Cc1ccc(OCCN(Cc2ccccc2)CC(O)c2cccc(C(F)(F)F)c2)cc1. The van der Waals surface area contributed by atoms with E-state index in [-0.39, 0.29) is 18.5 Å². The number of halogens is 3. The number of amides is 1. The maximum absolute atomic E-state index is 13.1. The Morgan fingerprint density at radius 2 is 1.68 bits per heavy atom. The smallest absolute Gasteiger partial charge is 0.416 e. The second kappa shape index (κ2) is 11.7. The maximum Gasteiger partial charge on any atom is 0.416 e. The molecule has 0 fully saturated rings. The molecule has 1 atom stereocenters. The van der Waals surface area contributed by atoms with Gasteiger partial charge in [-0.1, -0.05) is 54.6 Å². The first-order chi connectivity index (χ1) is 16.2. The molecule has 0 aromatic heterocycles. The van der Waals surface area contributed by atoms with E-state index in [0.717, 1.165) is 23.3 Å². The van der Waals surface area contributed by atoms with Crippen molar-refractivity contribution >= 4 is 5.91 Å². The van der Waals surface area contributed by atoms with Crippen LogP contribution < -0.4 is 10.5 Å². The Morgan fingerprint density at radius 1 is 0.971 bits per heavy atom. The number of carbonyl (C=O) groups excluding carboxylic acids is 1. The summed E-state index contributed by atoms with van der Waals surface area (Å²) in [6.45, 7) is 1.38. The Hall–Kier alpha value is -3.36. The summed E-state index contributed by atoms with van der Waals surface area (Å²) in [5.74, 6) is 0.204. The third-order valence-electron chi connectivity index (χ3n) is 5.26. The minimum atomic E-state index is -4.47. The molecule has 0 bridgehead atoms. The summed E-state index contributed by atoms with van der Waals surface area (Å²) >= 11 is 0. The molecule has 0 heterocycles. The molecular weight excluding hydrogens is 445 g/mol. The molecular formula is C26H27F3N2O3. The van der Waals surface area contributed by atoms with Crippen molar-refractivity contribution in [1.82, 2.24) is 4.90 Å². The van der Waals surface area contributed by atoms with Gasteiger partial charge in [0.15, 0.2) is 0 Å². The lowest BCUT2D eigenvalue weighted by atomic mass is 10.0. The van der Waals surface area contributed by atoms with E-state index in [1.165, 1.54) is 12.1 Å². The van der Waals surface area contributed by atoms with Crippen LogP contribution in [0.15, 0.2) is 78.9 Å². The van der Waals surface area contributed by atoms with Crippen molar-refractivity contribution in [3.8, 4) is 5.75 Å². The number of aliphatic hydroxyl groups is 1. The molecule has 3 aromatic rings. The Bertz CT molecular complexity index is 1060. The van der Waals surface area contributed by atoms with Crippen LogP contribution in [0.25, 0.3) is 0 Å². The monoisotopic (exact) mass is 472 g/mol. The average molecular weight is 473 g/mol. The van der Waals surface area contributed by atoms with E-state index in [1.807, 2.05) is 35.2 Å². The molecule has 3 rings (SSSR count). The highest BCUT2D eigenvalue weighted by atomic mass is 19.4. The lowest BCUT2D eigenvalue weighted by molar-refractivity contribution is -0.137. The third kappa shape index (κ3) is 7.90. The van der Waals surface area contributed by atoms with E-state index in [4.69, 9.17) is 10.5 Å². The molecule has 3 N–H and O–H groups in total. The number of nitrogens with zero attached hydrogens (tertiary/aromatic N) is 1. The quantitative estimate of drug-likeness (QED) is 0.435. The van der Waals surface area contributed by atoms with Crippen LogP contribution in [-0.4, -0.2) is 35.6 Å². The van der Waals surface area contributed by atoms with Crippen LogP contribution in [0.1, 0.15) is 28.4 Å². The normalized spacial score (nSPS) is 12.5. The molecule has 0 spiro atoms. The number of carbonyl (C=O) groups is 1. The molecule has 8 heteroatoms. The lowest BCUT2D eigenvalue weighted by Crippen LogP contribution is -2.32. The molecule has 0 saturated carbocycles. The van der Waals surface area contributed by atoms with Gasteiger partial charge in [0.2, 0.25) is 5.91 Å². The van der Waals surface area contributed by atoms with Gasteiger partial charge in [-0.3, -0.25) is 9.69 Å². The molecule has 0 aliphatic carbocycles. The first kappa shape index (κ1) is 25.3. The second-order valence-corrected chi connectivity index (χ2v) is 8.00. The fourth-order valence-corrected chi connectivity index (χ4v) is 3.55. The van der Waals surface area contributed by atoms with Gasteiger partial charge < -0.3 is 15.6 Å². The highest BCUT2D eigenvalue weighted by Crippen LogP contribution is 2.31.